The van der Waals surface area contributed by atoms with E-state index < -0.39 is 24.3 Å². The number of benzene rings is 3. The summed E-state index contributed by atoms with van der Waals surface area (Å²) in [5, 5.41) is 14.9. The molecule has 4 atom stereocenters. The molecule has 0 aliphatic carbocycles. The number of hydrogen-bond donors (Lipinski definition) is 3. The van der Waals surface area contributed by atoms with Gasteiger partial charge in [-0.15, -0.1) is 6.58 Å². The number of methoxy groups -OCH3 is 1. The van der Waals surface area contributed by atoms with Gasteiger partial charge in [-0.2, -0.15) is 0 Å². The summed E-state index contributed by atoms with van der Waals surface area (Å²) in [7, 11) is 3.32. The molecule has 1 fully saturated rings. The number of ether oxygens (including phenoxy) is 3. The highest BCUT2D eigenvalue weighted by molar-refractivity contribution is 5.92. The average molecular weight is 574 g/mol. The van der Waals surface area contributed by atoms with E-state index in [1.807, 2.05) is 79.9 Å². The number of amides is 2. The number of hydrogen-bond acceptors (Lipinski definition) is 7. The number of esters is 1. The normalized spacial score (nSPS) is 19.1. The molecule has 1 heterocycles. The van der Waals surface area contributed by atoms with E-state index in [0.717, 1.165) is 28.8 Å². The van der Waals surface area contributed by atoms with Crippen molar-refractivity contribution in [2.75, 3.05) is 32.6 Å². The van der Waals surface area contributed by atoms with Gasteiger partial charge in [0.15, 0.2) is 6.29 Å². The number of rotatable bonds is 12. The monoisotopic (exact) mass is 573 g/mol. The predicted octanol–water partition coefficient (Wildman–Crippen LogP) is 4.75. The molecule has 4 unspecified atom stereocenters. The lowest BCUT2D eigenvalue weighted by Gasteiger charge is -2.37. The molecule has 2 amide bonds. The van der Waals surface area contributed by atoms with Crippen LogP contribution in [0.1, 0.15) is 41.1 Å². The van der Waals surface area contributed by atoms with Gasteiger partial charge >= 0.3 is 12.0 Å². The van der Waals surface area contributed by atoms with Crippen LogP contribution in [0.3, 0.4) is 0 Å². The maximum atomic E-state index is 12.8. The Hall–Kier alpha value is -4.02. The van der Waals surface area contributed by atoms with Crippen molar-refractivity contribution >= 4 is 17.7 Å². The molecule has 0 radical (unpaired) electrons. The number of anilines is 1. The molecule has 1 saturated heterocycles. The van der Waals surface area contributed by atoms with Crippen LogP contribution in [0.4, 0.5) is 10.5 Å². The van der Waals surface area contributed by atoms with Gasteiger partial charge in [0.25, 0.3) is 0 Å². The molecule has 3 aromatic rings. The number of urea groups is 1. The third-order valence-corrected chi connectivity index (χ3v) is 7.09. The minimum absolute atomic E-state index is 0.0126. The Balaban J connectivity index is 1.43. The number of likely N-dealkylation sites (N-methyl/N-ethyl adjacent to an activating group) is 1. The van der Waals surface area contributed by atoms with Gasteiger partial charge in [0.1, 0.15) is 6.04 Å². The Labute approximate surface area is 247 Å². The largest absolute Gasteiger partial charge is 0.467 e. The minimum Gasteiger partial charge on any atom is -0.467 e. The Morgan fingerprint density at radius 1 is 1.02 bits per heavy atom. The molecule has 0 saturated carbocycles. The van der Waals surface area contributed by atoms with Crippen LogP contribution in [0.5, 0.6) is 0 Å². The first-order valence-corrected chi connectivity index (χ1v) is 14.0. The topological polar surface area (TPSA) is 109 Å². The molecular formula is C33H39N3O6. The van der Waals surface area contributed by atoms with Crippen LogP contribution in [-0.2, 0) is 32.0 Å². The fraction of sp³-hybridized carbons (Fsp3) is 0.333. The molecule has 4 rings (SSSR count). The highest BCUT2D eigenvalue weighted by Gasteiger charge is 2.32. The lowest BCUT2D eigenvalue weighted by molar-refractivity contribution is -0.252. The van der Waals surface area contributed by atoms with Gasteiger partial charge in [0.05, 0.1) is 25.9 Å². The Bertz CT molecular complexity index is 1300. The van der Waals surface area contributed by atoms with Gasteiger partial charge < -0.3 is 34.9 Å². The van der Waals surface area contributed by atoms with Gasteiger partial charge in [-0.05, 0) is 35.9 Å². The van der Waals surface area contributed by atoms with E-state index in [2.05, 4.69) is 22.1 Å². The minimum atomic E-state index is -0.833. The van der Waals surface area contributed by atoms with Crippen LogP contribution in [0, 0.1) is 0 Å². The van der Waals surface area contributed by atoms with Crippen molar-refractivity contribution in [3.63, 3.8) is 0 Å². The maximum Gasteiger partial charge on any atom is 0.328 e. The highest BCUT2D eigenvalue weighted by atomic mass is 16.7. The second-order valence-corrected chi connectivity index (χ2v) is 10.3. The number of aliphatic hydroxyl groups excluding tert-OH is 1. The molecule has 9 nitrogen and oxygen atoms in total. The molecule has 1 aliphatic heterocycles. The van der Waals surface area contributed by atoms with Crippen LogP contribution in [0.15, 0.2) is 91.5 Å². The molecule has 0 spiro atoms. The van der Waals surface area contributed by atoms with Crippen LogP contribution in [0.25, 0.3) is 0 Å². The molecule has 222 valence electrons. The van der Waals surface area contributed by atoms with Gasteiger partial charge in [0, 0.05) is 37.2 Å². The Morgan fingerprint density at radius 2 is 1.71 bits per heavy atom. The van der Waals surface area contributed by atoms with Crippen molar-refractivity contribution in [2.45, 2.75) is 44.0 Å². The first-order chi connectivity index (χ1) is 20.4. The van der Waals surface area contributed by atoms with E-state index in [1.54, 1.807) is 12.1 Å². The molecule has 0 aromatic heterocycles. The predicted molar refractivity (Wildman–Crippen MR) is 161 cm³/mol. The number of nitrogens with one attached hydrogen (secondary N) is 2. The van der Waals surface area contributed by atoms with E-state index >= 15 is 0 Å². The van der Waals surface area contributed by atoms with Crippen LogP contribution in [0.2, 0.25) is 0 Å². The molecule has 9 heteroatoms. The number of nitrogens with zero attached hydrogens (tertiary/aromatic N) is 1. The summed E-state index contributed by atoms with van der Waals surface area (Å²) in [6, 6.07) is 23.1. The fourth-order valence-electron chi connectivity index (χ4n) is 4.91. The van der Waals surface area contributed by atoms with Crippen LogP contribution in [-0.4, -0.2) is 61.4 Å². The van der Waals surface area contributed by atoms with E-state index in [4.69, 9.17) is 14.2 Å². The van der Waals surface area contributed by atoms with Gasteiger partial charge in [-0.25, -0.2) is 9.59 Å². The summed E-state index contributed by atoms with van der Waals surface area (Å²) in [6.07, 6.45) is 1.96. The number of carbonyl (C=O) groups excluding carboxylic acids is 2. The van der Waals surface area contributed by atoms with Gasteiger partial charge in [-0.1, -0.05) is 72.8 Å². The van der Waals surface area contributed by atoms with E-state index in [1.165, 1.54) is 7.11 Å². The molecule has 3 N–H and O–H groups in total. The summed E-state index contributed by atoms with van der Waals surface area (Å²) >= 11 is 0. The standard InChI is InChI=1S/C33H39N3O6/c1-4-18-36(2)21-28-20-30(25-12-10-24(22-37)11-13-25)42-32(41-28)26-14-16-27(17-15-26)34-33(39)35-29(31(38)40-3)19-23-8-6-5-7-9-23/h4-17,28-30,32,37H,1,18-22H2,2-3H3,(H2,34,35,39). The zero-order chi connectivity index (χ0) is 29.9. The van der Waals surface area contributed by atoms with Crippen LogP contribution < -0.4 is 10.6 Å². The molecule has 3 aromatic carbocycles. The summed E-state index contributed by atoms with van der Waals surface area (Å²) in [4.78, 5) is 27.2. The third kappa shape index (κ3) is 8.74. The summed E-state index contributed by atoms with van der Waals surface area (Å²) in [6.45, 7) is 5.27. The quantitative estimate of drug-likeness (QED) is 0.212. The van der Waals surface area contributed by atoms with Gasteiger partial charge in [0.2, 0.25) is 0 Å². The van der Waals surface area contributed by atoms with E-state index in [-0.39, 0.29) is 18.8 Å². The smallest absolute Gasteiger partial charge is 0.328 e. The lowest BCUT2D eigenvalue weighted by atomic mass is 9.99. The molecular weight excluding hydrogens is 534 g/mol. The molecule has 42 heavy (non-hydrogen) atoms. The fourth-order valence-corrected chi connectivity index (χ4v) is 4.91. The molecule has 1 aliphatic rings. The summed E-state index contributed by atoms with van der Waals surface area (Å²) in [5.74, 6) is -0.523. The second-order valence-electron chi connectivity index (χ2n) is 10.3. The van der Waals surface area contributed by atoms with Crippen molar-refractivity contribution in [1.29, 1.82) is 0 Å². The summed E-state index contributed by atoms with van der Waals surface area (Å²) < 4.78 is 17.7. The Kier molecular flexibility index (Phi) is 11.2. The first kappa shape index (κ1) is 30.9. The summed E-state index contributed by atoms with van der Waals surface area (Å²) in [5.41, 5.74) is 4.12. The highest BCUT2D eigenvalue weighted by Crippen LogP contribution is 2.38. The lowest BCUT2D eigenvalue weighted by Crippen LogP contribution is -2.45. The first-order valence-electron chi connectivity index (χ1n) is 14.0. The Morgan fingerprint density at radius 3 is 2.36 bits per heavy atom. The SMILES string of the molecule is C=CCN(C)CC1CC(c2ccc(CO)cc2)OC(c2ccc(NC(=O)NC(Cc3ccccc3)C(=O)OC)cc2)O1. The van der Waals surface area contributed by atoms with Crippen molar-refractivity contribution in [2.24, 2.45) is 0 Å². The zero-order valence-corrected chi connectivity index (χ0v) is 24.1. The van der Waals surface area contributed by atoms with Crippen molar-refractivity contribution in [3.05, 3.63) is 114 Å². The maximum absolute atomic E-state index is 12.8. The van der Waals surface area contributed by atoms with Crippen molar-refractivity contribution in [3.8, 4) is 0 Å². The third-order valence-electron chi connectivity index (χ3n) is 7.09. The van der Waals surface area contributed by atoms with Gasteiger partial charge in [-0.3, -0.25) is 0 Å². The van der Waals surface area contributed by atoms with E-state index in [9.17, 15) is 14.7 Å². The second kappa shape index (κ2) is 15.3. The van der Waals surface area contributed by atoms with Crippen LogP contribution >= 0.6 is 0 Å². The average Bonchev–Trinajstić information content (AvgIpc) is 3.01. The number of carbonyl (C=O) groups is 2. The van der Waals surface area contributed by atoms with E-state index in [0.29, 0.717) is 25.1 Å². The zero-order valence-electron chi connectivity index (χ0n) is 24.1. The van der Waals surface area contributed by atoms with Crippen molar-refractivity contribution in [1.82, 2.24) is 10.2 Å². The number of aliphatic hydroxyl groups is 1. The van der Waals surface area contributed by atoms with Crippen molar-refractivity contribution < 1.29 is 28.9 Å². The molecule has 0 bridgehead atoms.